The lowest BCUT2D eigenvalue weighted by Gasteiger charge is -2.35. The van der Waals surface area contributed by atoms with Crippen LogP contribution in [0, 0.1) is 12.8 Å². The predicted octanol–water partition coefficient (Wildman–Crippen LogP) is 19.5. The monoisotopic (exact) mass is 1770 g/mol. The summed E-state index contributed by atoms with van der Waals surface area (Å²) in [5, 5.41) is 43.0. The number of aromatic amines is 2. The van der Waals surface area contributed by atoms with E-state index in [0.29, 0.717) is 51.0 Å². The number of hydrogen-bond donors (Lipinski definition) is 7. The van der Waals surface area contributed by atoms with E-state index < -0.39 is 5.67 Å². The van der Waals surface area contributed by atoms with E-state index >= 15 is 0 Å². The molecule has 7 aliphatic rings. The second-order valence-electron chi connectivity index (χ2n) is 35.1. The first-order valence-corrected chi connectivity index (χ1v) is 45.8. The summed E-state index contributed by atoms with van der Waals surface area (Å²) < 4.78 is 14.3. The van der Waals surface area contributed by atoms with Crippen LogP contribution in [0.2, 0.25) is 0 Å². The number of piperidine rings is 2. The number of aromatic nitrogens is 16. The van der Waals surface area contributed by atoms with Crippen molar-refractivity contribution in [3.63, 3.8) is 0 Å². The minimum Gasteiger partial charge on any atom is -0.356 e. The van der Waals surface area contributed by atoms with Gasteiger partial charge < -0.3 is 51.1 Å². The Bertz CT molecular complexity index is 7450. The second kappa shape index (κ2) is 37.7. The molecule has 13 aromatic heterocycles. The zero-order valence-corrected chi connectivity index (χ0v) is 74.9. The second-order valence-corrected chi connectivity index (χ2v) is 35.1. The number of nitrogens with zero attached hydrogens (tertiary/aromatic N) is 22. The highest BCUT2D eigenvalue weighted by Gasteiger charge is 2.35. The molecule has 7 aliphatic heterocycles. The molecule has 2 unspecified atom stereocenters. The fourth-order valence-corrected chi connectivity index (χ4v) is 18.5. The standard InChI is InChI=1S/C24H22N8.2C22H23N5.C20H19FN6.C16H13N5/c1-3-18-16-29-22(21(18)25-7-1)30-19-4-5-20-17(15-19)6-10-26-23(20)31-11-13-32(14-12-31)24-27-8-2-9-28-24;1-15-7-11-27(12-8-15)22-19-5-4-18(13-16(19)6-10-24-22)26-21-20-17(14-25-21)3-2-9-23-20;1-15-5-2-3-12-27(15)22-19-8-7-18(13-16(19)9-11-24-22)26-21-20-17(14-25-21)6-4-10-23-20;1-20(21)7-10-27(12-20)19-15-5-4-14(11-13(15)6-9-23-19)24-18-17-16(25-26-18)3-2-8-22-17;1-10-7-12-8-13(5-4-11(12)9-18-10)19-16-15-14(20-21-16)3-2-6-17-15/h1-10,15H,11-14,16H2,(H,29,30);2-6,9-10,13,15H,7-8,11-12,14H2,1H3,(H,25,26);4,6-11,13,15H,2-3,5,12,14H2,1H3,(H,25,26);2-6,8-9,11H,7,10,12H2,1H3,(H2,24,25,26);2-9H,1H3,(H2,19,20,21). The maximum absolute atomic E-state index is 14.3. The number of rotatable bonds is 12. The van der Waals surface area contributed by atoms with E-state index in [-0.39, 0.29) is 0 Å². The molecule has 30 heteroatoms. The molecule has 2 atom stereocenters. The highest BCUT2D eigenvalue weighted by molar-refractivity contribution is 6.13. The lowest BCUT2D eigenvalue weighted by atomic mass is 9.99. The van der Waals surface area contributed by atoms with Gasteiger partial charge >= 0.3 is 0 Å². The lowest BCUT2D eigenvalue weighted by Crippen LogP contribution is -2.47. The number of H-pyrrole nitrogens is 2. The number of benzene rings is 5. The molecule has 668 valence electrons. The van der Waals surface area contributed by atoms with E-state index in [2.05, 4.69) is 249 Å². The summed E-state index contributed by atoms with van der Waals surface area (Å²) >= 11 is 0. The average Bonchev–Trinajstić information content (AvgIpc) is 1.49. The minimum absolute atomic E-state index is 0.379. The zero-order chi connectivity index (χ0) is 90.4. The van der Waals surface area contributed by atoms with Crippen molar-refractivity contribution in [1.29, 1.82) is 0 Å². The van der Waals surface area contributed by atoms with Crippen LogP contribution in [0.15, 0.2) is 277 Å². The number of aliphatic imine (C=N–C) groups is 3. The number of alkyl halides is 1. The average molecular weight is 1780 g/mol. The Kier molecular flexibility index (Phi) is 23.9. The van der Waals surface area contributed by atoms with E-state index in [1.54, 1.807) is 37.9 Å². The van der Waals surface area contributed by atoms with Crippen LogP contribution >= 0.6 is 0 Å². The van der Waals surface area contributed by atoms with Gasteiger partial charge in [0.25, 0.3) is 0 Å². The topological polar surface area (TPSA) is 325 Å². The fraction of sp³-hybridized carbons (Fsp3) is 0.240. The Morgan fingerprint density at radius 1 is 0.358 bits per heavy atom. The molecule has 0 aliphatic carbocycles. The number of amidine groups is 3. The number of halogens is 1. The molecule has 0 radical (unpaired) electrons. The molecule has 20 heterocycles. The van der Waals surface area contributed by atoms with Gasteiger partial charge in [-0.05, 0) is 250 Å². The Labute approximate surface area is 773 Å². The number of aryl methyl sites for hydroxylation is 1. The largest absolute Gasteiger partial charge is 0.356 e. The van der Waals surface area contributed by atoms with Gasteiger partial charge in [0.15, 0.2) is 29.1 Å². The van der Waals surface area contributed by atoms with Gasteiger partial charge in [0.1, 0.15) is 57.1 Å². The summed E-state index contributed by atoms with van der Waals surface area (Å²) in [5.41, 5.74) is 14.6. The van der Waals surface area contributed by atoms with Crippen molar-refractivity contribution in [3.05, 3.63) is 302 Å². The van der Waals surface area contributed by atoms with Crippen LogP contribution in [0.3, 0.4) is 0 Å². The quantitative estimate of drug-likeness (QED) is 0.0597. The predicted molar refractivity (Wildman–Crippen MR) is 536 cm³/mol. The van der Waals surface area contributed by atoms with Crippen LogP contribution in [-0.2, 0) is 19.6 Å². The van der Waals surface area contributed by atoms with E-state index in [4.69, 9.17) is 15.0 Å². The van der Waals surface area contributed by atoms with Crippen molar-refractivity contribution >= 4 is 163 Å². The summed E-state index contributed by atoms with van der Waals surface area (Å²) in [7, 11) is 0. The number of hydrogen-bond acceptors (Lipinski definition) is 27. The summed E-state index contributed by atoms with van der Waals surface area (Å²) in [5.74, 6) is 9.63. The van der Waals surface area contributed by atoms with Gasteiger partial charge in [-0.1, -0.05) is 31.2 Å². The maximum Gasteiger partial charge on any atom is 0.225 e. The first-order valence-electron chi connectivity index (χ1n) is 45.8. The first kappa shape index (κ1) is 84.7. The molecular weight excluding hydrogens is 1670 g/mol. The summed E-state index contributed by atoms with van der Waals surface area (Å²) in [6, 6.07) is 63.9. The number of fused-ring (bicyclic) bond motifs is 10. The molecule has 4 fully saturated rings. The van der Waals surface area contributed by atoms with Gasteiger partial charge in [-0.2, -0.15) is 10.2 Å². The van der Waals surface area contributed by atoms with E-state index in [9.17, 15) is 4.39 Å². The smallest absolute Gasteiger partial charge is 0.225 e. The Morgan fingerprint density at radius 2 is 0.776 bits per heavy atom. The van der Waals surface area contributed by atoms with Crippen LogP contribution in [-0.4, -0.2) is 168 Å². The SMILES string of the molecule is CC1(F)CCN(c2nccc3cc(Nc4n[nH]c5cccnc45)ccc23)C1.CC1CCCCN1c1nccc2cc(NC3=NCc4cccnc43)ccc12.CC1CCN(c2nccc3cc(NC4=NCc5cccnc54)ccc23)CC1.Cc1cc2cc(Nc3n[nH]c4cccnc34)ccc2cn1.c1cnc(N2CCN(c3nccc4cc(NC5=NCc6cccnc65)ccc34)CC2)nc1. The summed E-state index contributed by atoms with van der Waals surface area (Å²) in [6.07, 6.45) is 28.7. The third kappa shape index (κ3) is 18.4. The summed E-state index contributed by atoms with van der Waals surface area (Å²) in [4.78, 5) is 79.1. The highest BCUT2D eigenvalue weighted by Crippen LogP contribution is 2.39. The molecule has 4 saturated heterocycles. The van der Waals surface area contributed by atoms with Crippen LogP contribution in [0.1, 0.15) is 98.8 Å². The zero-order valence-electron chi connectivity index (χ0n) is 74.9. The number of nitrogens with one attached hydrogen (secondary N) is 7. The van der Waals surface area contributed by atoms with Crippen molar-refractivity contribution in [1.82, 2.24) is 80.2 Å². The van der Waals surface area contributed by atoms with Crippen molar-refractivity contribution < 1.29 is 4.39 Å². The fourth-order valence-electron chi connectivity index (χ4n) is 18.5. The molecule has 0 bridgehead atoms. The normalized spacial score (nSPS) is 16.7. The number of anilines is 12. The van der Waals surface area contributed by atoms with Gasteiger partial charge in [0, 0.05) is 217 Å². The Morgan fingerprint density at radius 3 is 1.25 bits per heavy atom. The van der Waals surface area contributed by atoms with E-state index in [0.717, 1.165) is 215 Å². The van der Waals surface area contributed by atoms with Gasteiger partial charge in [0.2, 0.25) is 5.95 Å². The maximum atomic E-state index is 14.3. The van der Waals surface area contributed by atoms with Gasteiger partial charge in [0.05, 0.1) is 37.2 Å². The summed E-state index contributed by atoms with van der Waals surface area (Å²) in [6.45, 7) is 18.2. The molecule has 134 heavy (non-hydrogen) atoms. The molecule has 5 aromatic carbocycles. The highest BCUT2D eigenvalue weighted by atomic mass is 19.1. The molecule has 0 spiro atoms. The third-order valence-electron chi connectivity index (χ3n) is 25.7. The van der Waals surface area contributed by atoms with Gasteiger partial charge in [-0.3, -0.25) is 55.1 Å². The third-order valence-corrected chi connectivity index (χ3v) is 25.7. The minimum atomic E-state index is -1.15. The number of piperazine rings is 1. The van der Waals surface area contributed by atoms with E-state index in [1.807, 2.05) is 134 Å². The van der Waals surface area contributed by atoms with Crippen molar-refractivity contribution in [2.24, 2.45) is 20.9 Å². The van der Waals surface area contributed by atoms with Crippen molar-refractivity contribution in [3.8, 4) is 0 Å². The molecular formula is C104H100FN29. The van der Waals surface area contributed by atoms with Crippen LogP contribution < -0.4 is 51.1 Å². The molecule has 0 saturated carbocycles. The molecule has 25 rings (SSSR count). The Hall–Kier alpha value is -16.1. The van der Waals surface area contributed by atoms with E-state index in [1.165, 1.54) is 64.8 Å². The van der Waals surface area contributed by atoms with Crippen LogP contribution in [0.4, 0.5) is 73.7 Å². The van der Waals surface area contributed by atoms with Gasteiger partial charge in [-0.15, -0.1) is 0 Å². The van der Waals surface area contributed by atoms with Crippen LogP contribution in [0.5, 0.6) is 0 Å². The Balaban J connectivity index is 0.000000101. The molecule has 18 aromatic rings. The molecule has 7 N–H and O–H groups in total. The lowest BCUT2D eigenvalue weighted by molar-refractivity contribution is 0.221. The van der Waals surface area contributed by atoms with Crippen LogP contribution in [0.25, 0.3) is 75.9 Å². The first-order chi connectivity index (χ1) is 65.8. The molecule has 29 nitrogen and oxygen atoms in total. The molecule has 0 amide bonds. The van der Waals surface area contributed by atoms with Crippen molar-refractivity contribution in [2.45, 2.75) is 97.6 Å². The van der Waals surface area contributed by atoms with Gasteiger partial charge in [-0.25, -0.2) is 34.3 Å². The number of pyridine rings is 10. The van der Waals surface area contributed by atoms with Crippen molar-refractivity contribution in [2.75, 3.05) is 110 Å².